The van der Waals surface area contributed by atoms with Crippen molar-refractivity contribution in [3.63, 3.8) is 0 Å². The summed E-state index contributed by atoms with van der Waals surface area (Å²) in [5.41, 5.74) is 3.19. The molecular formula is C19H22N2O2. The van der Waals surface area contributed by atoms with Gasteiger partial charge in [-0.3, -0.25) is 4.79 Å². The summed E-state index contributed by atoms with van der Waals surface area (Å²) in [4.78, 5) is 16.6. The number of carbonyl (C=O) groups is 1. The molecule has 0 bridgehead atoms. The van der Waals surface area contributed by atoms with Crippen molar-refractivity contribution in [1.82, 2.24) is 0 Å². The van der Waals surface area contributed by atoms with E-state index >= 15 is 0 Å². The first-order chi connectivity index (χ1) is 11.1. The number of carbonyl (C=O) groups excluding carboxylic acids is 1. The molecule has 0 aliphatic carbocycles. The second-order valence-corrected chi connectivity index (χ2v) is 5.99. The highest BCUT2D eigenvalue weighted by atomic mass is 16.3. The van der Waals surface area contributed by atoms with E-state index in [4.69, 9.17) is 0 Å². The molecule has 0 spiro atoms. The molecule has 1 heterocycles. The molecule has 2 aromatic rings. The number of benzene rings is 2. The average molecular weight is 310 g/mol. The molecule has 120 valence electrons. The topological polar surface area (TPSA) is 43.8 Å². The first-order valence-electron chi connectivity index (χ1n) is 8.01. The number of amides is 1. The van der Waals surface area contributed by atoms with Gasteiger partial charge in [0.25, 0.3) is 0 Å². The van der Waals surface area contributed by atoms with Crippen LogP contribution in [0.25, 0.3) is 0 Å². The number of nitrogens with zero attached hydrogens (tertiary/aromatic N) is 2. The maximum Gasteiger partial charge on any atom is 0.246 e. The van der Waals surface area contributed by atoms with Crippen molar-refractivity contribution < 1.29 is 9.90 Å². The van der Waals surface area contributed by atoms with Crippen molar-refractivity contribution in [1.29, 1.82) is 0 Å². The molecule has 3 rings (SSSR count). The highest BCUT2D eigenvalue weighted by molar-refractivity contribution is 5.98. The van der Waals surface area contributed by atoms with Gasteiger partial charge in [-0.15, -0.1) is 0 Å². The molecule has 1 N–H and O–H groups in total. The minimum atomic E-state index is -0.492. The molecule has 1 aliphatic rings. The molecule has 0 saturated carbocycles. The van der Waals surface area contributed by atoms with E-state index in [-0.39, 0.29) is 12.5 Å². The number of hydrogen-bond donors (Lipinski definition) is 1. The molecule has 0 fully saturated rings. The van der Waals surface area contributed by atoms with Crippen LogP contribution in [0.15, 0.2) is 54.6 Å². The maximum atomic E-state index is 12.8. The van der Waals surface area contributed by atoms with Crippen LogP contribution >= 0.6 is 0 Å². The second kappa shape index (κ2) is 6.84. The molecule has 2 aromatic carbocycles. The predicted octanol–water partition coefficient (Wildman–Crippen LogP) is 2.46. The molecule has 0 saturated heterocycles. The molecule has 4 heteroatoms. The Balaban J connectivity index is 1.77. The molecule has 1 amide bonds. The lowest BCUT2D eigenvalue weighted by molar-refractivity contribution is -0.117. The van der Waals surface area contributed by atoms with Crippen LogP contribution < -0.4 is 9.80 Å². The van der Waals surface area contributed by atoms with Gasteiger partial charge in [0.05, 0.1) is 12.6 Å². The molecule has 1 unspecified atom stereocenters. The van der Waals surface area contributed by atoms with Crippen LogP contribution in [-0.4, -0.2) is 36.8 Å². The number of aliphatic hydroxyl groups is 1. The van der Waals surface area contributed by atoms with Crippen molar-refractivity contribution in [3.05, 3.63) is 60.2 Å². The summed E-state index contributed by atoms with van der Waals surface area (Å²) in [6.07, 6.45) is 0.415. The maximum absolute atomic E-state index is 12.8. The van der Waals surface area contributed by atoms with Crippen molar-refractivity contribution in [2.24, 2.45) is 0 Å². The summed E-state index contributed by atoms with van der Waals surface area (Å²) in [5.74, 6) is 0.0689. The Morgan fingerprint density at radius 2 is 1.87 bits per heavy atom. The van der Waals surface area contributed by atoms with Crippen molar-refractivity contribution in [2.75, 3.05) is 29.4 Å². The molecule has 4 nitrogen and oxygen atoms in total. The third-order valence-corrected chi connectivity index (χ3v) is 4.12. The van der Waals surface area contributed by atoms with E-state index < -0.39 is 6.10 Å². The van der Waals surface area contributed by atoms with Crippen molar-refractivity contribution in [2.45, 2.75) is 19.4 Å². The highest BCUT2D eigenvalue weighted by Crippen LogP contribution is 2.27. The number of fused-ring (bicyclic) bond motifs is 1. The number of hydrogen-bond acceptors (Lipinski definition) is 3. The van der Waals surface area contributed by atoms with Gasteiger partial charge >= 0.3 is 0 Å². The molecule has 23 heavy (non-hydrogen) atoms. The van der Waals surface area contributed by atoms with E-state index in [9.17, 15) is 9.90 Å². The smallest absolute Gasteiger partial charge is 0.246 e. The van der Waals surface area contributed by atoms with Crippen LogP contribution in [0.1, 0.15) is 12.5 Å². The van der Waals surface area contributed by atoms with E-state index in [1.807, 2.05) is 58.3 Å². The zero-order chi connectivity index (χ0) is 16.2. The third kappa shape index (κ3) is 3.54. The fourth-order valence-electron chi connectivity index (χ4n) is 3.06. The van der Waals surface area contributed by atoms with Gasteiger partial charge in [0.15, 0.2) is 0 Å². The summed E-state index contributed by atoms with van der Waals surface area (Å²) in [5, 5.41) is 9.75. The molecule has 0 aromatic heterocycles. The standard InChI is InChI=1S/C19H22N2O2/c1-15(22)13-20(17-8-3-2-4-9-17)14-19(23)21-12-11-16-7-5-6-10-18(16)21/h2-10,15,22H,11-14H2,1H3. The first kappa shape index (κ1) is 15.6. The van der Waals surface area contributed by atoms with Crippen LogP contribution in [0.2, 0.25) is 0 Å². The molecule has 1 atom stereocenters. The van der Waals surface area contributed by atoms with Gasteiger partial charge < -0.3 is 14.9 Å². The van der Waals surface area contributed by atoms with E-state index in [1.165, 1.54) is 5.56 Å². The summed E-state index contributed by atoms with van der Waals surface area (Å²) < 4.78 is 0. The number of aliphatic hydroxyl groups excluding tert-OH is 1. The van der Waals surface area contributed by atoms with E-state index in [2.05, 4.69) is 6.07 Å². The van der Waals surface area contributed by atoms with Gasteiger partial charge in [0, 0.05) is 24.5 Å². The van der Waals surface area contributed by atoms with Crippen LogP contribution in [0.5, 0.6) is 0 Å². The highest BCUT2D eigenvalue weighted by Gasteiger charge is 2.25. The Morgan fingerprint density at radius 3 is 2.61 bits per heavy atom. The zero-order valence-electron chi connectivity index (χ0n) is 13.4. The van der Waals surface area contributed by atoms with Gasteiger partial charge in [-0.2, -0.15) is 0 Å². The van der Waals surface area contributed by atoms with Gasteiger partial charge in [-0.05, 0) is 37.1 Å². The zero-order valence-corrected chi connectivity index (χ0v) is 13.4. The van der Waals surface area contributed by atoms with Gasteiger partial charge in [-0.1, -0.05) is 36.4 Å². The molecular weight excluding hydrogens is 288 g/mol. The number of rotatable bonds is 5. The van der Waals surface area contributed by atoms with Crippen LogP contribution in [0.3, 0.4) is 0 Å². The predicted molar refractivity (Wildman–Crippen MR) is 92.8 cm³/mol. The average Bonchev–Trinajstić information content (AvgIpc) is 2.99. The Morgan fingerprint density at radius 1 is 1.17 bits per heavy atom. The van der Waals surface area contributed by atoms with E-state index in [0.29, 0.717) is 6.54 Å². The molecule has 0 radical (unpaired) electrons. The lowest BCUT2D eigenvalue weighted by Crippen LogP contribution is -2.42. The van der Waals surface area contributed by atoms with Crippen LogP contribution in [-0.2, 0) is 11.2 Å². The van der Waals surface area contributed by atoms with Crippen molar-refractivity contribution >= 4 is 17.3 Å². The minimum absolute atomic E-state index is 0.0689. The largest absolute Gasteiger partial charge is 0.392 e. The summed E-state index contributed by atoms with van der Waals surface area (Å²) >= 11 is 0. The molecule has 1 aliphatic heterocycles. The van der Waals surface area contributed by atoms with E-state index in [0.717, 1.165) is 24.3 Å². The van der Waals surface area contributed by atoms with Gasteiger partial charge in [0.2, 0.25) is 5.91 Å². The fraction of sp³-hybridized carbons (Fsp3) is 0.316. The SMILES string of the molecule is CC(O)CN(CC(=O)N1CCc2ccccc21)c1ccccc1. The van der Waals surface area contributed by atoms with E-state index in [1.54, 1.807) is 6.92 Å². The van der Waals surface area contributed by atoms with Gasteiger partial charge in [-0.25, -0.2) is 0 Å². The minimum Gasteiger partial charge on any atom is -0.392 e. The monoisotopic (exact) mass is 310 g/mol. The van der Waals surface area contributed by atoms with Crippen LogP contribution in [0.4, 0.5) is 11.4 Å². The Hall–Kier alpha value is -2.33. The number of anilines is 2. The normalized spacial score (nSPS) is 14.4. The Bertz CT molecular complexity index is 670. The lowest BCUT2D eigenvalue weighted by atomic mass is 10.2. The second-order valence-electron chi connectivity index (χ2n) is 5.99. The first-order valence-corrected chi connectivity index (χ1v) is 8.01. The summed E-state index contributed by atoms with van der Waals surface area (Å²) in [6.45, 7) is 3.18. The van der Waals surface area contributed by atoms with Crippen LogP contribution in [0, 0.1) is 0 Å². The number of para-hydroxylation sites is 2. The summed E-state index contributed by atoms with van der Waals surface area (Å²) in [7, 11) is 0. The lowest BCUT2D eigenvalue weighted by Gasteiger charge is -2.28. The summed E-state index contributed by atoms with van der Waals surface area (Å²) in [6, 6.07) is 17.8. The third-order valence-electron chi connectivity index (χ3n) is 4.12. The Kier molecular flexibility index (Phi) is 4.63. The van der Waals surface area contributed by atoms with Crippen molar-refractivity contribution in [3.8, 4) is 0 Å². The van der Waals surface area contributed by atoms with Gasteiger partial charge in [0.1, 0.15) is 0 Å². The Labute approximate surface area is 137 Å². The fourth-order valence-corrected chi connectivity index (χ4v) is 3.06. The quantitative estimate of drug-likeness (QED) is 0.922.